The largest absolute Gasteiger partial charge is 0.352 e. The van der Waals surface area contributed by atoms with Crippen molar-refractivity contribution >= 4 is 41.5 Å². The van der Waals surface area contributed by atoms with Gasteiger partial charge in [-0.2, -0.15) is 0 Å². The van der Waals surface area contributed by atoms with Gasteiger partial charge in [-0.15, -0.1) is 12.4 Å². The lowest BCUT2D eigenvalue weighted by molar-refractivity contribution is 0.0953. The molecule has 1 amide bonds. The monoisotopic (exact) mass is 314 g/mol. The summed E-state index contributed by atoms with van der Waals surface area (Å²) in [5.41, 5.74) is 0.0954. The first-order valence-electron chi connectivity index (χ1n) is 5.13. The molecule has 0 aliphatic carbocycles. The minimum Gasteiger partial charge on any atom is -0.352 e. The van der Waals surface area contributed by atoms with Crippen LogP contribution in [0.5, 0.6) is 0 Å². The van der Waals surface area contributed by atoms with Gasteiger partial charge in [-0.25, -0.2) is 4.39 Å². The highest BCUT2D eigenvalue weighted by Crippen LogP contribution is 2.24. The van der Waals surface area contributed by atoms with Crippen molar-refractivity contribution in [2.75, 3.05) is 20.1 Å². The van der Waals surface area contributed by atoms with Gasteiger partial charge >= 0.3 is 0 Å². The van der Waals surface area contributed by atoms with Crippen LogP contribution < -0.4 is 10.6 Å². The third-order valence-corrected chi connectivity index (χ3v) is 2.75. The van der Waals surface area contributed by atoms with Gasteiger partial charge in [0.15, 0.2) is 0 Å². The molecule has 18 heavy (non-hydrogen) atoms. The van der Waals surface area contributed by atoms with Crippen LogP contribution in [0.1, 0.15) is 16.8 Å². The van der Waals surface area contributed by atoms with E-state index in [1.807, 2.05) is 7.05 Å². The average molecular weight is 316 g/mol. The second-order valence-electron chi connectivity index (χ2n) is 3.46. The highest BCUT2D eigenvalue weighted by Gasteiger charge is 2.13. The van der Waals surface area contributed by atoms with Crippen LogP contribution in [0.15, 0.2) is 12.1 Å². The molecule has 1 aromatic carbocycles. The Morgan fingerprint density at radius 2 is 1.94 bits per heavy atom. The minimum absolute atomic E-state index is 0. The predicted octanol–water partition coefficient (Wildman–Crippen LogP) is 2.89. The standard InChI is InChI=1S/C11H13Cl2FN2O.ClH/c1-15-3-2-4-16-11(17)7-5-10(14)9(13)6-8(7)12;/h5-6,15H,2-4H2,1H3,(H,16,17);1H. The van der Waals surface area contributed by atoms with Crippen molar-refractivity contribution in [3.8, 4) is 0 Å². The Balaban J connectivity index is 0.00000289. The first kappa shape index (κ1) is 17.4. The maximum atomic E-state index is 13.2. The number of rotatable bonds is 5. The zero-order chi connectivity index (χ0) is 12.8. The van der Waals surface area contributed by atoms with Crippen LogP contribution in [0, 0.1) is 5.82 Å². The van der Waals surface area contributed by atoms with Crippen LogP contribution in [-0.2, 0) is 0 Å². The van der Waals surface area contributed by atoms with E-state index in [0.717, 1.165) is 19.0 Å². The van der Waals surface area contributed by atoms with Crippen LogP contribution in [0.4, 0.5) is 4.39 Å². The summed E-state index contributed by atoms with van der Waals surface area (Å²) in [5.74, 6) is -1.06. The molecule has 0 heterocycles. The van der Waals surface area contributed by atoms with E-state index in [4.69, 9.17) is 23.2 Å². The first-order chi connectivity index (χ1) is 8.06. The van der Waals surface area contributed by atoms with Gasteiger partial charge in [0.05, 0.1) is 15.6 Å². The Hall–Kier alpha value is -0.550. The maximum absolute atomic E-state index is 13.2. The lowest BCUT2D eigenvalue weighted by Gasteiger charge is -2.07. The predicted molar refractivity (Wildman–Crippen MR) is 74.5 cm³/mol. The fourth-order valence-corrected chi connectivity index (χ4v) is 1.73. The average Bonchev–Trinajstić information content (AvgIpc) is 2.29. The summed E-state index contributed by atoms with van der Waals surface area (Å²) in [6.07, 6.45) is 0.788. The summed E-state index contributed by atoms with van der Waals surface area (Å²) in [4.78, 5) is 11.7. The summed E-state index contributed by atoms with van der Waals surface area (Å²) in [5, 5.41) is 5.65. The third kappa shape index (κ3) is 4.98. The van der Waals surface area contributed by atoms with Gasteiger partial charge in [-0.3, -0.25) is 4.79 Å². The number of benzene rings is 1. The Kier molecular flexibility index (Phi) is 8.27. The van der Waals surface area contributed by atoms with Crippen LogP contribution in [-0.4, -0.2) is 26.0 Å². The summed E-state index contributed by atoms with van der Waals surface area (Å²) < 4.78 is 13.2. The highest BCUT2D eigenvalue weighted by molar-refractivity contribution is 6.36. The zero-order valence-corrected chi connectivity index (χ0v) is 12.1. The molecule has 0 fully saturated rings. The van der Waals surface area contributed by atoms with Crippen molar-refractivity contribution in [2.24, 2.45) is 0 Å². The Bertz CT molecular complexity index is 416. The number of nitrogens with one attached hydrogen (secondary N) is 2. The van der Waals surface area contributed by atoms with Gasteiger partial charge in [0.2, 0.25) is 0 Å². The van der Waals surface area contributed by atoms with E-state index in [0.29, 0.717) is 6.54 Å². The minimum atomic E-state index is -0.656. The fraction of sp³-hybridized carbons (Fsp3) is 0.364. The Morgan fingerprint density at radius 3 is 2.56 bits per heavy atom. The highest BCUT2D eigenvalue weighted by atomic mass is 35.5. The topological polar surface area (TPSA) is 41.1 Å². The molecule has 0 aliphatic rings. The Labute approximate surface area is 121 Å². The SMILES string of the molecule is CNCCCNC(=O)c1cc(F)c(Cl)cc1Cl.Cl. The van der Waals surface area contributed by atoms with Crippen molar-refractivity contribution < 1.29 is 9.18 Å². The zero-order valence-electron chi connectivity index (χ0n) is 9.73. The molecule has 1 aromatic rings. The van der Waals surface area contributed by atoms with Crippen LogP contribution in [0.25, 0.3) is 0 Å². The first-order valence-corrected chi connectivity index (χ1v) is 5.89. The summed E-state index contributed by atoms with van der Waals surface area (Å²) in [7, 11) is 1.83. The van der Waals surface area contributed by atoms with E-state index in [9.17, 15) is 9.18 Å². The molecule has 102 valence electrons. The molecular weight excluding hydrogens is 301 g/mol. The molecule has 0 saturated heterocycles. The molecule has 0 saturated carbocycles. The number of amides is 1. The molecule has 1 rings (SSSR count). The molecule has 0 radical (unpaired) electrons. The van der Waals surface area contributed by atoms with E-state index < -0.39 is 11.7 Å². The van der Waals surface area contributed by atoms with Crippen molar-refractivity contribution in [1.29, 1.82) is 0 Å². The second kappa shape index (κ2) is 8.53. The van der Waals surface area contributed by atoms with E-state index in [2.05, 4.69) is 10.6 Å². The number of halogens is 4. The van der Waals surface area contributed by atoms with Gasteiger partial charge in [0.1, 0.15) is 5.82 Å². The van der Waals surface area contributed by atoms with E-state index >= 15 is 0 Å². The summed E-state index contributed by atoms with van der Waals surface area (Å²) in [6, 6.07) is 2.26. The van der Waals surface area contributed by atoms with Gasteiger partial charge in [0.25, 0.3) is 5.91 Å². The molecule has 7 heteroatoms. The van der Waals surface area contributed by atoms with E-state index in [1.165, 1.54) is 6.07 Å². The molecule has 0 spiro atoms. The number of hydrogen-bond donors (Lipinski definition) is 2. The normalized spacial score (nSPS) is 9.78. The van der Waals surface area contributed by atoms with Crippen molar-refractivity contribution in [2.45, 2.75) is 6.42 Å². The summed E-state index contributed by atoms with van der Waals surface area (Å²) >= 11 is 11.3. The Morgan fingerprint density at radius 1 is 1.28 bits per heavy atom. The van der Waals surface area contributed by atoms with E-state index in [1.54, 1.807) is 0 Å². The van der Waals surface area contributed by atoms with Gasteiger partial charge in [0, 0.05) is 6.54 Å². The van der Waals surface area contributed by atoms with Gasteiger partial charge < -0.3 is 10.6 Å². The lowest BCUT2D eigenvalue weighted by Crippen LogP contribution is -2.26. The number of carbonyl (C=O) groups is 1. The molecule has 0 aromatic heterocycles. The third-order valence-electron chi connectivity index (χ3n) is 2.14. The molecule has 0 bridgehead atoms. The molecule has 2 N–H and O–H groups in total. The maximum Gasteiger partial charge on any atom is 0.252 e. The molecule has 3 nitrogen and oxygen atoms in total. The quantitative estimate of drug-likeness (QED) is 0.648. The second-order valence-corrected chi connectivity index (χ2v) is 4.27. The summed E-state index contributed by atoms with van der Waals surface area (Å²) in [6.45, 7) is 1.29. The molecule has 0 unspecified atom stereocenters. The van der Waals surface area contributed by atoms with Crippen molar-refractivity contribution in [3.63, 3.8) is 0 Å². The van der Waals surface area contributed by atoms with Crippen molar-refractivity contribution in [3.05, 3.63) is 33.6 Å². The van der Waals surface area contributed by atoms with E-state index in [-0.39, 0.29) is 28.0 Å². The smallest absolute Gasteiger partial charge is 0.252 e. The molecule has 0 aliphatic heterocycles. The molecule has 0 atom stereocenters. The van der Waals surface area contributed by atoms with Crippen LogP contribution >= 0.6 is 35.6 Å². The van der Waals surface area contributed by atoms with Gasteiger partial charge in [-0.05, 0) is 32.1 Å². The van der Waals surface area contributed by atoms with Crippen LogP contribution in [0.3, 0.4) is 0 Å². The van der Waals surface area contributed by atoms with Crippen molar-refractivity contribution in [1.82, 2.24) is 10.6 Å². The number of hydrogen-bond acceptors (Lipinski definition) is 2. The lowest BCUT2D eigenvalue weighted by atomic mass is 10.2. The van der Waals surface area contributed by atoms with Gasteiger partial charge in [-0.1, -0.05) is 23.2 Å². The molecular formula is C11H14Cl3FN2O. The number of carbonyl (C=O) groups excluding carboxylic acids is 1. The van der Waals surface area contributed by atoms with Crippen LogP contribution in [0.2, 0.25) is 10.0 Å². The fourth-order valence-electron chi connectivity index (χ4n) is 1.26.